The Bertz CT molecular complexity index is 1090. The molecule has 11 heteroatoms. The van der Waals surface area contributed by atoms with Gasteiger partial charge in [0.15, 0.2) is 11.0 Å². The van der Waals surface area contributed by atoms with Crippen LogP contribution in [0, 0.1) is 10.1 Å². The molecule has 3 aromatic rings. The Balaban J connectivity index is 1.60. The number of anilines is 1. The minimum atomic E-state index is -0.499. The number of nitrogens with zero attached hydrogens (tertiary/aromatic N) is 4. The summed E-state index contributed by atoms with van der Waals surface area (Å²) in [5.74, 6) is 0.908. The van der Waals surface area contributed by atoms with Gasteiger partial charge in [-0.2, -0.15) is 0 Å². The first-order chi connectivity index (χ1) is 15.0. The number of halogens is 1. The molecule has 1 N–H and O–H groups in total. The number of aromatic nitrogens is 3. The van der Waals surface area contributed by atoms with E-state index >= 15 is 0 Å². The molecule has 0 atom stereocenters. The predicted molar refractivity (Wildman–Crippen MR) is 118 cm³/mol. The van der Waals surface area contributed by atoms with Crippen molar-refractivity contribution in [3.63, 3.8) is 0 Å². The highest BCUT2D eigenvalue weighted by molar-refractivity contribution is 7.99. The third-order valence-electron chi connectivity index (χ3n) is 3.99. The van der Waals surface area contributed by atoms with Crippen molar-refractivity contribution in [2.75, 3.05) is 11.1 Å². The molecule has 3 rings (SSSR count). The lowest BCUT2D eigenvalue weighted by atomic mass is 10.3. The molecule has 31 heavy (non-hydrogen) atoms. The van der Waals surface area contributed by atoms with Crippen molar-refractivity contribution in [2.45, 2.75) is 18.3 Å². The summed E-state index contributed by atoms with van der Waals surface area (Å²) >= 11 is 7.31. The summed E-state index contributed by atoms with van der Waals surface area (Å²) in [6, 6.07) is 12.7. The molecule has 2 aromatic carbocycles. The molecule has 1 heterocycles. The number of rotatable bonds is 10. The van der Waals surface area contributed by atoms with Crippen molar-refractivity contribution in [2.24, 2.45) is 0 Å². The highest BCUT2D eigenvalue weighted by atomic mass is 35.5. The minimum Gasteiger partial charge on any atom is -0.484 e. The average Bonchev–Trinajstić information content (AvgIpc) is 3.14. The van der Waals surface area contributed by atoms with E-state index in [1.807, 2.05) is 12.1 Å². The van der Waals surface area contributed by atoms with Gasteiger partial charge in [0.2, 0.25) is 5.91 Å². The van der Waals surface area contributed by atoms with Crippen molar-refractivity contribution in [1.82, 2.24) is 14.8 Å². The topological polar surface area (TPSA) is 112 Å². The number of hydrogen-bond donors (Lipinski definition) is 1. The maximum atomic E-state index is 12.2. The summed E-state index contributed by atoms with van der Waals surface area (Å²) in [6.45, 7) is 4.34. The Morgan fingerprint density at radius 1 is 1.26 bits per heavy atom. The average molecular weight is 460 g/mol. The molecule has 0 unspecified atom stereocenters. The number of para-hydroxylation sites is 1. The van der Waals surface area contributed by atoms with Crippen molar-refractivity contribution in [3.8, 4) is 5.75 Å². The number of ether oxygens (including phenoxy) is 1. The van der Waals surface area contributed by atoms with Gasteiger partial charge in [0.1, 0.15) is 12.4 Å². The second kappa shape index (κ2) is 10.6. The zero-order valence-electron chi connectivity index (χ0n) is 16.2. The van der Waals surface area contributed by atoms with E-state index in [-0.39, 0.29) is 24.0 Å². The first kappa shape index (κ1) is 22.3. The summed E-state index contributed by atoms with van der Waals surface area (Å²) < 4.78 is 7.53. The Hall–Kier alpha value is -3.37. The maximum absolute atomic E-state index is 12.2. The van der Waals surface area contributed by atoms with Crippen molar-refractivity contribution >= 4 is 40.6 Å². The lowest BCUT2D eigenvalue weighted by molar-refractivity contribution is -0.384. The van der Waals surface area contributed by atoms with Crippen LogP contribution in [0.25, 0.3) is 0 Å². The van der Waals surface area contributed by atoms with Crippen LogP contribution < -0.4 is 10.1 Å². The van der Waals surface area contributed by atoms with Crippen LogP contribution >= 0.6 is 23.4 Å². The zero-order chi connectivity index (χ0) is 22.2. The number of non-ortho nitro benzene ring substituents is 1. The Kier molecular flexibility index (Phi) is 7.63. The summed E-state index contributed by atoms with van der Waals surface area (Å²) in [6.07, 6.45) is 1.70. The standard InChI is InChI=1S/C20H18ClN5O4S/c1-2-11-25-18(12-30-17-6-4-3-5-16(17)21)23-24-20(25)31-13-19(27)22-14-7-9-15(10-8-14)26(28)29/h2-10H,1,11-13H2,(H,22,27). The number of nitro benzene ring substituents is 1. The lowest BCUT2D eigenvalue weighted by Gasteiger charge is -2.10. The van der Waals surface area contributed by atoms with Crippen molar-refractivity contribution < 1.29 is 14.5 Å². The first-order valence-electron chi connectivity index (χ1n) is 9.05. The van der Waals surface area contributed by atoms with Gasteiger partial charge in [-0.15, -0.1) is 16.8 Å². The summed E-state index contributed by atoms with van der Waals surface area (Å²) in [5.41, 5.74) is 0.425. The number of nitrogens with one attached hydrogen (secondary N) is 1. The molecule has 9 nitrogen and oxygen atoms in total. The highest BCUT2D eigenvalue weighted by Crippen LogP contribution is 2.25. The van der Waals surface area contributed by atoms with Crippen LogP contribution in [0.15, 0.2) is 66.3 Å². The van der Waals surface area contributed by atoms with E-state index in [1.54, 1.807) is 22.8 Å². The fourth-order valence-electron chi connectivity index (χ4n) is 2.54. The van der Waals surface area contributed by atoms with E-state index in [0.717, 1.165) is 0 Å². The molecule has 0 fully saturated rings. The second-order valence-corrected chi connectivity index (χ2v) is 7.51. The van der Waals surface area contributed by atoms with Gasteiger partial charge >= 0.3 is 0 Å². The molecule has 160 valence electrons. The zero-order valence-corrected chi connectivity index (χ0v) is 17.8. The minimum absolute atomic E-state index is 0.0450. The van der Waals surface area contributed by atoms with Crippen molar-refractivity contribution in [1.29, 1.82) is 0 Å². The van der Waals surface area contributed by atoms with Gasteiger partial charge in [-0.3, -0.25) is 19.5 Å². The van der Waals surface area contributed by atoms with Gasteiger partial charge in [0.25, 0.3) is 5.69 Å². The number of amides is 1. The Morgan fingerprint density at radius 2 is 2.00 bits per heavy atom. The van der Waals surface area contributed by atoms with E-state index in [4.69, 9.17) is 16.3 Å². The molecular weight excluding hydrogens is 442 g/mol. The highest BCUT2D eigenvalue weighted by Gasteiger charge is 2.15. The number of benzene rings is 2. The van der Waals surface area contributed by atoms with Gasteiger partial charge in [-0.05, 0) is 24.3 Å². The number of carbonyl (C=O) groups is 1. The van der Waals surface area contributed by atoms with Crippen LogP contribution in [0.1, 0.15) is 5.82 Å². The number of thioether (sulfide) groups is 1. The lowest BCUT2D eigenvalue weighted by Crippen LogP contribution is -2.15. The van der Waals surface area contributed by atoms with Crippen LogP contribution in [-0.2, 0) is 17.9 Å². The molecule has 0 saturated heterocycles. The Labute approximate surface area is 187 Å². The fourth-order valence-corrected chi connectivity index (χ4v) is 3.50. The molecule has 0 saturated carbocycles. The summed E-state index contributed by atoms with van der Waals surface area (Å²) in [7, 11) is 0. The number of nitro groups is 1. The van der Waals surface area contributed by atoms with Crippen LogP contribution in [0.4, 0.5) is 11.4 Å². The summed E-state index contributed by atoms with van der Waals surface area (Å²) in [4.78, 5) is 22.4. The SMILES string of the molecule is C=CCn1c(COc2ccccc2Cl)nnc1SCC(=O)Nc1ccc([N+](=O)[O-])cc1. The van der Waals surface area contributed by atoms with Crippen LogP contribution in [0.2, 0.25) is 5.02 Å². The van der Waals surface area contributed by atoms with Gasteiger partial charge in [0, 0.05) is 24.4 Å². The van der Waals surface area contributed by atoms with Gasteiger partial charge < -0.3 is 10.1 Å². The van der Waals surface area contributed by atoms with E-state index < -0.39 is 4.92 Å². The second-order valence-electron chi connectivity index (χ2n) is 6.16. The smallest absolute Gasteiger partial charge is 0.269 e. The number of allylic oxidation sites excluding steroid dienone is 1. The molecule has 0 spiro atoms. The van der Waals surface area contributed by atoms with Gasteiger partial charge in [-0.1, -0.05) is 41.6 Å². The molecule has 0 aliphatic carbocycles. The number of hydrogen-bond acceptors (Lipinski definition) is 7. The van der Waals surface area contributed by atoms with E-state index in [9.17, 15) is 14.9 Å². The normalized spacial score (nSPS) is 10.5. The maximum Gasteiger partial charge on any atom is 0.269 e. The number of carbonyl (C=O) groups excluding carboxylic acids is 1. The van der Waals surface area contributed by atoms with Gasteiger partial charge in [-0.25, -0.2) is 0 Å². The molecule has 0 bridgehead atoms. The third kappa shape index (κ3) is 6.06. The summed E-state index contributed by atoms with van der Waals surface area (Å²) in [5, 5.41) is 22.7. The molecule has 0 radical (unpaired) electrons. The Morgan fingerprint density at radius 3 is 2.68 bits per heavy atom. The molecule has 0 aliphatic heterocycles. The third-order valence-corrected chi connectivity index (χ3v) is 5.27. The molecule has 0 aliphatic rings. The molecule has 1 aromatic heterocycles. The van der Waals surface area contributed by atoms with Crippen LogP contribution in [-0.4, -0.2) is 31.3 Å². The van der Waals surface area contributed by atoms with E-state index in [2.05, 4.69) is 22.1 Å². The monoisotopic (exact) mass is 459 g/mol. The fraction of sp³-hybridized carbons (Fsp3) is 0.150. The quantitative estimate of drug-likeness (QED) is 0.208. The van der Waals surface area contributed by atoms with Crippen molar-refractivity contribution in [3.05, 3.63) is 82.1 Å². The van der Waals surface area contributed by atoms with E-state index in [1.165, 1.54) is 36.0 Å². The molecule has 1 amide bonds. The van der Waals surface area contributed by atoms with E-state index in [0.29, 0.717) is 34.0 Å². The van der Waals surface area contributed by atoms with Crippen LogP contribution in [0.5, 0.6) is 5.75 Å². The predicted octanol–water partition coefficient (Wildman–Crippen LogP) is 4.34. The van der Waals surface area contributed by atoms with Crippen LogP contribution in [0.3, 0.4) is 0 Å². The first-order valence-corrected chi connectivity index (χ1v) is 10.4. The largest absolute Gasteiger partial charge is 0.484 e. The van der Waals surface area contributed by atoms with Gasteiger partial charge in [0.05, 0.1) is 15.7 Å². The molecular formula is C20H18ClN5O4S.